The Labute approximate surface area is 213 Å². The van der Waals surface area contributed by atoms with Gasteiger partial charge in [0.1, 0.15) is 23.9 Å². The van der Waals surface area contributed by atoms with Crippen LogP contribution in [0.2, 0.25) is 0 Å². The van der Waals surface area contributed by atoms with Crippen LogP contribution in [0, 0.1) is 0 Å². The minimum atomic E-state index is -1.59. The molecule has 0 saturated heterocycles. The van der Waals surface area contributed by atoms with Crippen molar-refractivity contribution in [1.29, 1.82) is 0 Å². The minimum Gasteiger partial charge on any atom is -0.508 e. The molecule has 0 heterocycles. The van der Waals surface area contributed by atoms with Gasteiger partial charge in [-0.3, -0.25) is 19.4 Å². The number of amides is 3. The lowest BCUT2D eigenvalue weighted by atomic mass is 10.1. The molecule has 0 aliphatic carbocycles. The highest BCUT2D eigenvalue weighted by Crippen LogP contribution is 2.11. The predicted octanol–water partition coefficient (Wildman–Crippen LogP) is -3.77. The molecule has 1 rings (SSSR count). The molecule has 0 aromatic heterocycles. The first-order valence-corrected chi connectivity index (χ1v) is 11.4. The molecule has 0 radical (unpaired) electrons. The van der Waals surface area contributed by atoms with Crippen LogP contribution in [0.15, 0.2) is 29.3 Å². The first-order chi connectivity index (χ1) is 17.3. The molecule has 0 saturated carbocycles. The summed E-state index contributed by atoms with van der Waals surface area (Å²) in [6.45, 7) is 0.477. The van der Waals surface area contributed by atoms with E-state index in [1.54, 1.807) is 12.1 Å². The highest BCUT2D eigenvalue weighted by Gasteiger charge is 2.32. The van der Waals surface area contributed by atoms with E-state index in [-0.39, 0.29) is 37.5 Å². The summed E-state index contributed by atoms with van der Waals surface area (Å²) in [5.41, 5.74) is 16.9. The number of phenolic OH excluding ortho intramolecular Hbond substituents is 1. The molecule has 5 unspecified atom stereocenters. The number of guanidine groups is 1. The number of carbonyl (C=O) groups excluding carboxylic acids is 3. The van der Waals surface area contributed by atoms with Gasteiger partial charge in [0.25, 0.3) is 0 Å². The van der Waals surface area contributed by atoms with Crippen LogP contribution in [0.3, 0.4) is 0 Å². The summed E-state index contributed by atoms with van der Waals surface area (Å²) in [6.07, 6.45) is -1.19. The number of aliphatic imine (C=N–C) groups is 1. The quantitative estimate of drug-likeness (QED) is 0.0602. The van der Waals surface area contributed by atoms with E-state index in [9.17, 15) is 39.6 Å². The van der Waals surface area contributed by atoms with Gasteiger partial charge in [-0.05, 0) is 43.9 Å². The van der Waals surface area contributed by atoms with E-state index in [0.717, 1.165) is 0 Å². The lowest BCUT2D eigenvalue weighted by Gasteiger charge is -2.26. The second kappa shape index (κ2) is 15.2. The van der Waals surface area contributed by atoms with Gasteiger partial charge in [0, 0.05) is 6.54 Å². The molecule has 0 bridgehead atoms. The maximum Gasteiger partial charge on any atom is 0.326 e. The van der Waals surface area contributed by atoms with Crippen LogP contribution in [0.5, 0.6) is 5.75 Å². The summed E-state index contributed by atoms with van der Waals surface area (Å²) in [5.74, 6) is -4.25. The SMILES string of the molecule is CC(O)C(NC(=O)C(CO)NC(=O)C(N)Cc1ccc(O)cc1)C(=O)NC(CCCN=C(N)N)C(=O)O. The number of nitrogens with one attached hydrogen (secondary N) is 3. The number of aliphatic carboxylic acids is 1. The molecule has 5 atom stereocenters. The van der Waals surface area contributed by atoms with Gasteiger partial charge in [-0.15, -0.1) is 0 Å². The fourth-order valence-electron chi connectivity index (χ4n) is 3.13. The fourth-order valence-corrected chi connectivity index (χ4v) is 3.13. The molecule has 1 aromatic carbocycles. The molecular formula is C22H35N7O8. The number of benzene rings is 1. The highest BCUT2D eigenvalue weighted by atomic mass is 16.4. The van der Waals surface area contributed by atoms with Gasteiger partial charge in [-0.1, -0.05) is 12.1 Å². The normalized spacial score (nSPS) is 14.8. The van der Waals surface area contributed by atoms with Crippen LogP contribution in [-0.2, 0) is 25.6 Å². The van der Waals surface area contributed by atoms with Crippen LogP contribution in [0.1, 0.15) is 25.3 Å². The van der Waals surface area contributed by atoms with E-state index < -0.39 is 60.6 Å². The molecule has 37 heavy (non-hydrogen) atoms. The molecule has 0 aliphatic heterocycles. The van der Waals surface area contributed by atoms with Crippen molar-refractivity contribution >= 4 is 29.7 Å². The van der Waals surface area contributed by atoms with E-state index in [1.165, 1.54) is 19.1 Å². The Balaban J connectivity index is 2.77. The third-order valence-corrected chi connectivity index (χ3v) is 5.17. The number of nitrogens with zero attached hydrogens (tertiary/aromatic N) is 1. The summed E-state index contributed by atoms with van der Waals surface area (Å²) in [7, 11) is 0. The summed E-state index contributed by atoms with van der Waals surface area (Å²) in [5, 5.41) is 45.0. The van der Waals surface area contributed by atoms with Crippen molar-refractivity contribution in [2.45, 2.75) is 56.5 Å². The number of aromatic hydroxyl groups is 1. The zero-order valence-corrected chi connectivity index (χ0v) is 20.3. The Bertz CT molecular complexity index is 951. The van der Waals surface area contributed by atoms with Gasteiger partial charge >= 0.3 is 5.97 Å². The third-order valence-electron chi connectivity index (χ3n) is 5.17. The van der Waals surface area contributed by atoms with E-state index in [0.29, 0.717) is 5.56 Å². The standard InChI is InChI=1S/C22H35N7O8/c1-11(31)17(20(35)27-15(21(36)37)3-2-8-26-22(24)25)29-19(34)16(10-30)28-18(33)14(23)9-12-4-6-13(32)7-5-12/h4-7,11,14-17,30-32H,2-3,8-10,23H2,1H3,(H,27,35)(H,28,33)(H,29,34)(H,36,37)(H4,24,25,26). The number of nitrogens with two attached hydrogens (primary N) is 3. The van der Waals surface area contributed by atoms with Gasteiger partial charge in [-0.2, -0.15) is 0 Å². The predicted molar refractivity (Wildman–Crippen MR) is 132 cm³/mol. The van der Waals surface area contributed by atoms with Crippen molar-refractivity contribution in [2.24, 2.45) is 22.2 Å². The molecule has 3 amide bonds. The van der Waals surface area contributed by atoms with Crippen molar-refractivity contribution in [3.8, 4) is 5.75 Å². The molecule has 15 heteroatoms. The molecule has 0 spiro atoms. The fraction of sp³-hybridized carbons (Fsp3) is 0.500. The summed E-state index contributed by atoms with van der Waals surface area (Å²) in [6, 6.07) is 0.411. The topological polar surface area (TPSA) is 276 Å². The summed E-state index contributed by atoms with van der Waals surface area (Å²) in [4.78, 5) is 52.9. The number of rotatable bonds is 15. The number of hydrogen-bond acceptors (Lipinski definition) is 9. The molecule has 15 nitrogen and oxygen atoms in total. The summed E-state index contributed by atoms with van der Waals surface area (Å²) >= 11 is 0. The Morgan fingerprint density at radius 3 is 2.08 bits per heavy atom. The Morgan fingerprint density at radius 2 is 1.57 bits per heavy atom. The monoisotopic (exact) mass is 525 g/mol. The average molecular weight is 526 g/mol. The van der Waals surface area contributed by atoms with Crippen molar-refractivity contribution in [1.82, 2.24) is 16.0 Å². The molecule has 13 N–H and O–H groups in total. The van der Waals surface area contributed by atoms with Crippen molar-refractivity contribution in [3.05, 3.63) is 29.8 Å². The van der Waals surface area contributed by atoms with Crippen molar-refractivity contribution in [3.63, 3.8) is 0 Å². The van der Waals surface area contributed by atoms with E-state index in [4.69, 9.17) is 17.2 Å². The molecule has 206 valence electrons. The molecule has 1 aromatic rings. The third kappa shape index (κ3) is 11.1. The van der Waals surface area contributed by atoms with E-state index in [2.05, 4.69) is 20.9 Å². The van der Waals surface area contributed by atoms with Crippen LogP contribution in [0.4, 0.5) is 0 Å². The van der Waals surface area contributed by atoms with E-state index in [1.807, 2.05) is 0 Å². The van der Waals surface area contributed by atoms with Crippen molar-refractivity contribution < 1.29 is 39.6 Å². The maximum absolute atomic E-state index is 12.6. The smallest absolute Gasteiger partial charge is 0.326 e. The molecule has 0 aliphatic rings. The molecule has 0 fully saturated rings. The lowest BCUT2D eigenvalue weighted by molar-refractivity contribution is -0.143. The Hall–Kier alpha value is -3.95. The first kappa shape index (κ1) is 31.1. The highest BCUT2D eigenvalue weighted by molar-refractivity contribution is 5.94. The minimum absolute atomic E-state index is 0.0351. The van der Waals surface area contributed by atoms with Crippen LogP contribution < -0.4 is 33.2 Å². The number of carbonyl (C=O) groups is 4. The van der Waals surface area contributed by atoms with Gasteiger partial charge in [0.2, 0.25) is 17.7 Å². The maximum atomic E-state index is 12.6. The number of carboxylic acids is 1. The van der Waals surface area contributed by atoms with Gasteiger partial charge in [0.15, 0.2) is 5.96 Å². The zero-order chi connectivity index (χ0) is 28.1. The first-order valence-electron chi connectivity index (χ1n) is 11.4. The Kier molecular flexibility index (Phi) is 12.8. The molecular weight excluding hydrogens is 490 g/mol. The largest absolute Gasteiger partial charge is 0.508 e. The second-order valence-electron chi connectivity index (χ2n) is 8.30. The average Bonchev–Trinajstić information content (AvgIpc) is 2.83. The van der Waals surface area contributed by atoms with E-state index >= 15 is 0 Å². The number of hydrogen-bond donors (Lipinski definition) is 10. The number of carboxylic acid groups (broad SMARTS) is 1. The zero-order valence-electron chi connectivity index (χ0n) is 20.3. The number of aliphatic hydroxyl groups is 2. The second-order valence-corrected chi connectivity index (χ2v) is 8.30. The number of aliphatic hydroxyl groups excluding tert-OH is 2. The van der Waals surface area contributed by atoms with Crippen LogP contribution in [0.25, 0.3) is 0 Å². The van der Waals surface area contributed by atoms with Crippen molar-refractivity contribution in [2.75, 3.05) is 13.2 Å². The van der Waals surface area contributed by atoms with Gasteiger partial charge < -0.3 is 53.6 Å². The van der Waals surface area contributed by atoms with Gasteiger partial charge in [-0.25, -0.2) is 4.79 Å². The number of phenols is 1. The van der Waals surface area contributed by atoms with Gasteiger partial charge in [0.05, 0.1) is 18.8 Å². The Morgan fingerprint density at radius 1 is 0.973 bits per heavy atom. The van der Waals surface area contributed by atoms with Crippen LogP contribution >= 0.6 is 0 Å². The lowest BCUT2D eigenvalue weighted by Crippen LogP contribution is -2.60. The summed E-state index contributed by atoms with van der Waals surface area (Å²) < 4.78 is 0. The van der Waals surface area contributed by atoms with Crippen LogP contribution in [-0.4, -0.2) is 93.5 Å².